The van der Waals surface area contributed by atoms with E-state index in [0.717, 1.165) is 29.7 Å². The van der Waals surface area contributed by atoms with Gasteiger partial charge in [0.05, 0.1) is 6.04 Å². The molecule has 2 unspecified atom stereocenters. The van der Waals surface area contributed by atoms with Crippen molar-refractivity contribution in [3.8, 4) is 11.1 Å². The number of nitrogens with one attached hydrogen (secondary N) is 1. The first kappa shape index (κ1) is 29.1. The van der Waals surface area contributed by atoms with Gasteiger partial charge in [0.2, 0.25) is 0 Å². The number of allylic oxidation sites excluding steroid dienone is 4. The molecule has 0 spiro atoms. The molecule has 0 fully saturated rings. The van der Waals surface area contributed by atoms with Crippen molar-refractivity contribution in [2.24, 2.45) is 0 Å². The van der Waals surface area contributed by atoms with Gasteiger partial charge in [-0.2, -0.15) is 0 Å². The molecule has 0 saturated carbocycles. The van der Waals surface area contributed by atoms with Gasteiger partial charge in [-0.05, 0) is 97.0 Å². The van der Waals surface area contributed by atoms with Crippen LogP contribution in [0.15, 0.2) is 140 Å². The van der Waals surface area contributed by atoms with Crippen LogP contribution in [0.3, 0.4) is 0 Å². The van der Waals surface area contributed by atoms with Crippen molar-refractivity contribution < 1.29 is 0 Å². The second kappa shape index (κ2) is 13.5. The number of hydrogen-bond acceptors (Lipinski definition) is 2. The van der Waals surface area contributed by atoms with Crippen LogP contribution in [0.4, 0.5) is 0 Å². The van der Waals surface area contributed by atoms with E-state index in [0.29, 0.717) is 6.04 Å². The molecule has 2 heteroatoms. The lowest BCUT2D eigenvalue weighted by molar-refractivity contribution is 0.322. The molecular weight excluding hydrogens is 508 g/mol. The molecule has 0 bridgehead atoms. The topological polar surface area (TPSA) is 15.3 Å². The molecule has 0 heterocycles. The zero-order valence-corrected chi connectivity index (χ0v) is 25.3. The van der Waals surface area contributed by atoms with Crippen LogP contribution < -0.4 is 5.32 Å². The lowest BCUT2D eigenvalue weighted by atomic mass is 9.88. The second-order valence-corrected chi connectivity index (χ2v) is 11.4. The summed E-state index contributed by atoms with van der Waals surface area (Å²) in [6.07, 6.45) is 8.74. The first-order valence-electron chi connectivity index (χ1n) is 14.9. The van der Waals surface area contributed by atoms with E-state index in [-0.39, 0.29) is 6.04 Å². The summed E-state index contributed by atoms with van der Waals surface area (Å²) >= 11 is 0. The first-order valence-corrected chi connectivity index (χ1v) is 14.9. The van der Waals surface area contributed by atoms with E-state index < -0.39 is 0 Å². The van der Waals surface area contributed by atoms with Gasteiger partial charge < -0.3 is 10.2 Å². The first-order chi connectivity index (χ1) is 20.4. The highest BCUT2D eigenvalue weighted by Crippen LogP contribution is 2.35. The highest BCUT2D eigenvalue weighted by molar-refractivity contribution is 5.91. The van der Waals surface area contributed by atoms with Crippen LogP contribution in [-0.4, -0.2) is 25.0 Å². The van der Waals surface area contributed by atoms with Crippen LogP contribution in [0.2, 0.25) is 0 Å². The van der Waals surface area contributed by atoms with Crippen molar-refractivity contribution in [3.05, 3.63) is 162 Å². The van der Waals surface area contributed by atoms with Crippen LogP contribution in [0.1, 0.15) is 55.0 Å². The maximum atomic E-state index is 4.64. The molecule has 0 saturated heterocycles. The fourth-order valence-electron chi connectivity index (χ4n) is 5.71. The van der Waals surface area contributed by atoms with Crippen molar-refractivity contribution in [3.63, 3.8) is 0 Å². The maximum absolute atomic E-state index is 4.64. The Hall–Kier alpha value is -4.40. The third-order valence-corrected chi connectivity index (χ3v) is 8.43. The average Bonchev–Trinajstić information content (AvgIpc) is 3.05. The Morgan fingerprint density at radius 3 is 2.10 bits per heavy atom. The third kappa shape index (κ3) is 6.56. The minimum Gasteiger partial charge on any atom is -0.374 e. The lowest BCUT2D eigenvalue weighted by Crippen LogP contribution is -2.32. The van der Waals surface area contributed by atoms with E-state index in [1.807, 2.05) is 0 Å². The Bertz CT molecular complexity index is 1610. The number of benzene rings is 4. The van der Waals surface area contributed by atoms with Crippen molar-refractivity contribution in [2.75, 3.05) is 14.1 Å². The molecule has 0 aliphatic heterocycles. The summed E-state index contributed by atoms with van der Waals surface area (Å²) in [4.78, 5) is 2.27. The summed E-state index contributed by atoms with van der Waals surface area (Å²) in [6.45, 7) is 9.13. The zero-order chi connectivity index (χ0) is 29.5. The van der Waals surface area contributed by atoms with Crippen molar-refractivity contribution in [2.45, 2.75) is 38.8 Å². The van der Waals surface area contributed by atoms with Gasteiger partial charge in [0.1, 0.15) is 0 Å². The molecule has 5 rings (SSSR count). The van der Waals surface area contributed by atoms with E-state index in [1.165, 1.54) is 39.0 Å². The third-order valence-electron chi connectivity index (χ3n) is 8.43. The number of nitrogens with zero attached hydrogens (tertiary/aromatic N) is 1. The van der Waals surface area contributed by atoms with Gasteiger partial charge in [-0.25, -0.2) is 0 Å². The second-order valence-electron chi connectivity index (χ2n) is 11.4. The Morgan fingerprint density at radius 2 is 1.43 bits per heavy atom. The van der Waals surface area contributed by atoms with Crippen LogP contribution in [0, 0.1) is 0 Å². The summed E-state index contributed by atoms with van der Waals surface area (Å²) < 4.78 is 0. The monoisotopic (exact) mass is 550 g/mol. The van der Waals surface area contributed by atoms with Gasteiger partial charge in [0.25, 0.3) is 0 Å². The highest BCUT2D eigenvalue weighted by atomic mass is 15.1. The molecule has 1 aliphatic rings. The summed E-state index contributed by atoms with van der Waals surface area (Å²) in [5.41, 5.74) is 12.1. The fraction of sp³-hybridized carbons (Fsp3) is 0.200. The molecule has 4 aromatic rings. The van der Waals surface area contributed by atoms with Gasteiger partial charge in [-0.3, -0.25) is 0 Å². The standard InChI is InChI=1S/C40H42N2/c1-29(32-18-9-6-10-19-32)39(34-22-13-8-14-23-34)41-40(30(2)33-20-11-7-12-21-33)36-25-17-24-35(28-36)38-27-16-15-26-37(38)31(3)42(4)5/h6-13,15-22,24-28,31,39,41H,1,14,23H2,2-5H3/b40-30+. The Balaban J connectivity index is 1.64. The number of hydrogen-bond donors (Lipinski definition) is 1. The minimum absolute atomic E-state index is 0.0317. The van der Waals surface area contributed by atoms with Crippen LogP contribution in [0.25, 0.3) is 28.0 Å². The summed E-state index contributed by atoms with van der Waals surface area (Å²) in [7, 11) is 4.28. The molecular formula is C40H42N2. The van der Waals surface area contributed by atoms with E-state index in [9.17, 15) is 0 Å². The largest absolute Gasteiger partial charge is 0.374 e. The van der Waals surface area contributed by atoms with E-state index in [2.05, 4.69) is 172 Å². The van der Waals surface area contributed by atoms with Crippen molar-refractivity contribution >= 4 is 16.8 Å². The fourth-order valence-corrected chi connectivity index (χ4v) is 5.71. The average molecular weight is 551 g/mol. The van der Waals surface area contributed by atoms with E-state index in [1.54, 1.807) is 0 Å². The van der Waals surface area contributed by atoms with Gasteiger partial charge in [0, 0.05) is 11.7 Å². The highest BCUT2D eigenvalue weighted by Gasteiger charge is 2.23. The van der Waals surface area contributed by atoms with Gasteiger partial charge >= 0.3 is 0 Å². The van der Waals surface area contributed by atoms with E-state index in [4.69, 9.17) is 0 Å². The molecule has 212 valence electrons. The Morgan fingerprint density at radius 1 is 0.786 bits per heavy atom. The molecule has 0 amide bonds. The molecule has 1 aliphatic carbocycles. The number of rotatable bonds is 10. The molecule has 2 nitrogen and oxygen atoms in total. The van der Waals surface area contributed by atoms with Gasteiger partial charge in [-0.1, -0.05) is 128 Å². The zero-order valence-electron chi connectivity index (χ0n) is 25.3. The molecule has 42 heavy (non-hydrogen) atoms. The van der Waals surface area contributed by atoms with Crippen molar-refractivity contribution in [1.82, 2.24) is 10.2 Å². The van der Waals surface area contributed by atoms with E-state index >= 15 is 0 Å². The molecule has 2 atom stereocenters. The summed E-state index contributed by atoms with van der Waals surface area (Å²) in [5, 5.41) is 4.04. The van der Waals surface area contributed by atoms with Crippen LogP contribution in [0.5, 0.6) is 0 Å². The van der Waals surface area contributed by atoms with Crippen LogP contribution >= 0.6 is 0 Å². The SMILES string of the molecule is C=C(c1ccccc1)C(N/C(=C(\C)c1ccccc1)c1cccc(-c2ccccc2C(C)N(C)C)c1)C1=CC=CCC1. The quantitative estimate of drug-likeness (QED) is 0.198. The predicted octanol–water partition coefficient (Wildman–Crippen LogP) is 9.81. The minimum atomic E-state index is -0.0317. The van der Waals surface area contributed by atoms with Crippen LogP contribution in [-0.2, 0) is 0 Å². The van der Waals surface area contributed by atoms with Gasteiger partial charge in [-0.15, -0.1) is 0 Å². The smallest absolute Gasteiger partial charge is 0.0730 e. The molecule has 0 aromatic heterocycles. The van der Waals surface area contributed by atoms with Crippen molar-refractivity contribution in [1.29, 1.82) is 0 Å². The Labute approximate surface area is 252 Å². The Kier molecular flexibility index (Phi) is 9.36. The molecule has 4 aromatic carbocycles. The summed E-state index contributed by atoms with van der Waals surface area (Å²) in [5.74, 6) is 0. The predicted molar refractivity (Wildman–Crippen MR) is 182 cm³/mol. The molecule has 0 radical (unpaired) electrons. The lowest BCUT2D eigenvalue weighted by Gasteiger charge is -2.29. The maximum Gasteiger partial charge on any atom is 0.0730 e. The summed E-state index contributed by atoms with van der Waals surface area (Å²) in [6, 6.07) is 39.3. The van der Waals surface area contributed by atoms with Gasteiger partial charge in [0.15, 0.2) is 0 Å². The molecule has 1 N–H and O–H groups in total. The normalized spacial score (nSPS) is 15.0.